The largest absolute Gasteiger partial charge is 0.208 e. The van der Waals surface area contributed by atoms with Crippen molar-refractivity contribution in [3.05, 3.63) is 188 Å². The summed E-state index contributed by atoms with van der Waals surface area (Å²) in [6.07, 6.45) is 0. The Hall–Kier alpha value is -7.01. The molecule has 0 saturated heterocycles. The normalized spacial score (nSPS) is 11.6. The fourth-order valence-electron chi connectivity index (χ4n) is 8.11. The summed E-state index contributed by atoms with van der Waals surface area (Å²) in [5.74, 6) is 1.94. The van der Waals surface area contributed by atoms with Crippen molar-refractivity contribution in [2.75, 3.05) is 0 Å². The van der Waals surface area contributed by atoms with E-state index in [1.807, 2.05) is 0 Å². The molecule has 11 aromatic rings. The Morgan fingerprint density at radius 3 is 1.73 bits per heavy atom. The highest BCUT2D eigenvalue weighted by Gasteiger charge is 2.18. The Balaban J connectivity index is 1.12. The predicted octanol–water partition coefficient (Wildman–Crippen LogP) is 14.0. The summed E-state index contributed by atoms with van der Waals surface area (Å²) in [6.45, 7) is 0. The van der Waals surface area contributed by atoms with Crippen LogP contribution in [-0.2, 0) is 0 Å². The zero-order valence-electron chi connectivity index (χ0n) is 29.6. The molecular weight excluding hydrogens is 687 g/mol. The average molecular weight is 718 g/mol. The van der Waals surface area contributed by atoms with Crippen LogP contribution in [0, 0.1) is 0 Å². The van der Waals surface area contributed by atoms with Crippen molar-refractivity contribution >= 4 is 63.8 Å². The molecule has 0 aliphatic carbocycles. The van der Waals surface area contributed by atoms with Crippen LogP contribution in [0.2, 0.25) is 0 Å². The van der Waals surface area contributed by atoms with E-state index in [2.05, 4.69) is 188 Å². The summed E-state index contributed by atoms with van der Waals surface area (Å²) in [6, 6.07) is 66.9. The van der Waals surface area contributed by atoms with Gasteiger partial charge in [-0.1, -0.05) is 164 Å². The van der Waals surface area contributed by atoms with Crippen molar-refractivity contribution in [3.8, 4) is 56.4 Å². The Kier molecular flexibility index (Phi) is 7.35. The van der Waals surface area contributed by atoms with Crippen molar-refractivity contribution in [2.45, 2.75) is 0 Å². The lowest BCUT2D eigenvalue weighted by atomic mass is 9.93. The van der Waals surface area contributed by atoms with Gasteiger partial charge in [0.05, 0.1) is 0 Å². The van der Waals surface area contributed by atoms with E-state index in [1.54, 1.807) is 11.3 Å². The molecule has 0 aliphatic heterocycles. The molecule has 4 heteroatoms. The number of hydrogen-bond donors (Lipinski definition) is 0. The summed E-state index contributed by atoms with van der Waals surface area (Å²) in [5, 5.41) is 9.71. The number of rotatable bonds is 5. The van der Waals surface area contributed by atoms with Gasteiger partial charge in [-0.25, -0.2) is 15.0 Å². The van der Waals surface area contributed by atoms with Gasteiger partial charge < -0.3 is 0 Å². The van der Waals surface area contributed by atoms with Crippen molar-refractivity contribution in [3.63, 3.8) is 0 Å². The van der Waals surface area contributed by atoms with E-state index < -0.39 is 0 Å². The van der Waals surface area contributed by atoms with E-state index in [-0.39, 0.29) is 0 Å². The van der Waals surface area contributed by atoms with Crippen molar-refractivity contribution in [2.24, 2.45) is 0 Å². The lowest BCUT2D eigenvalue weighted by molar-refractivity contribution is 1.08. The minimum atomic E-state index is 0.639. The predicted molar refractivity (Wildman–Crippen MR) is 232 cm³/mol. The van der Waals surface area contributed by atoms with E-state index in [0.717, 1.165) is 33.0 Å². The van der Waals surface area contributed by atoms with Crippen LogP contribution in [-0.4, -0.2) is 15.0 Å². The Morgan fingerprint density at radius 1 is 0.291 bits per heavy atom. The molecule has 0 spiro atoms. The van der Waals surface area contributed by atoms with E-state index in [4.69, 9.17) is 15.0 Å². The van der Waals surface area contributed by atoms with Gasteiger partial charge in [-0.3, -0.25) is 0 Å². The van der Waals surface area contributed by atoms with Crippen LogP contribution < -0.4 is 0 Å². The van der Waals surface area contributed by atoms with Crippen molar-refractivity contribution in [1.82, 2.24) is 15.0 Å². The number of thiophene rings is 1. The molecule has 11 rings (SSSR count). The first-order valence-corrected chi connectivity index (χ1v) is 19.3. The topological polar surface area (TPSA) is 38.7 Å². The molecule has 3 nitrogen and oxygen atoms in total. The number of benzene rings is 9. The van der Waals surface area contributed by atoms with Crippen LogP contribution in [0.3, 0.4) is 0 Å². The number of fused-ring (bicyclic) bond motifs is 7. The van der Waals surface area contributed by atoms with E-state index in [0.29, 0.717) is 17.5 Å². The number of nitrogens with zero attached hydrogens (tertiary/aromatic N) is 3. The summed E-state index contributed by atoms with van der Waals surface area (Å²) >= 11 is 1.80. The van der Waals surface area contributed by atoms with Gasteiger partial charge in [0.1, 0.15) is 0 Å². The summed E-state index contributed by atoms with van der Waals surface area (Å²) in [5.41, 5.74) is 7.53. The third-order valence-corrected chi connectivity index (χ3v) is 11.9. The molecule has 0 saturated carbocycles. The highest BCUT2D eigenvalue weighted by molar-refractivity contribution is 7.25. The van der Waals surface area contributed by atoms with Gasteiger partial charge in [0.2, 0.25) is 0 Å². The molecule has 9 aromatic carbocycles. The Labute approximate surface area is 321 Å². The quantitative estimate of drug-likeness (QED) is 0.166. The van der Waals surface area contributed by atoms with Gasteiger partial charge in [0.25, 0.3) is 0 Å². The maximum atomic E-state index is 5.28. The molecular formula is C51H31N3S. The third-order valence-electron chi connectivity index (χ3n) is 10.7. The monoisotopic (exact) mass is 717 g/mol. The number of hydrogen-bond acceptors (Lipinski definition) is 4. The Morgan fingerprint density at radius 2 is 0.873 bits per heavy atom. The van der Waals surface area contributed by atoms with Crippen LogP contribution in [0.25, 0.3) is 109 Å². The van der Waals surface area contributed by atoms with Gasteiger partial charge in [-0.2, -0.15) is 0 Å². The molecule has 0 atom stereocenters. The summed E-state index contributed by atoms with van der Waals surface area (Å²) in [4.78, 5) is 15.8. The highest BCUT2D eigenvalue weighted by atomic mass is 32.1. The van der Waals surface area contributed by atoms with Crippen LogP contribution in [0.5, 0.6) is 0 Å². The standard InChI is InChI=1S/C51H31N3S/c1-2-12-32(13-3-1)38-28-29-45(42-20-7-6-19-41(38)42)51-53-49(52-50(54-51)37-26-27-44-43-21-8-9-23-46(43)55-47(44)31-37)36-17-10-16-35(30-36)40-22-11-15-34-25-24-33-14-4-5-18-39(33)48(34)40/h1-31H. The maximum absolute atomic E-state index is 5.28. The number of aromatic nitrogens is 3. The maximum Gasteiger partial charge on any atom is 0.164 e. The molecule has 0 N–H and O–H groups in total. The third kappa shape index (κ3) is 5.38. The first-order valence-electron chi connectivity index (χ1n) is 18.5. The van der Waals surface area contributed by atoms with E-state index >= 15 is 0 Å². The van der Waals surface area contributed by atoms with Gasteiger partial charge in [-0.15, -0.1) is 11.3 Å². The molecule has 2 heterocycles. The van der Waals surface area contributed by atoms with Crippen LogP contribution in [0.15, 0.2) is 188 Å². The molecule has 0 unspecified atom stereocenters. The lowest BCUT2D eigenvalue weighted by Gasteiger charge is -2.14. The molecule has 0 fully saturated rings. The van der Waals surface area contributed by atoms with Crippen molar-refractivity contribution < 1.29 is 0 Å². The zero-order valence-corrected chi connectivity index (χ0v) is 30.5. The second-order valence-electron chi connectivity index (χ2n) is 14.0. The fraction of sp³-hybridized carbons (Fsp3) is 0. The fourth-order valence-corrected chi connectivity index (χ4v) is 9.25. The van der Waals surface area contributed by atoms with Crippen LogP contribution in [0.4, 0.5) is 0 Å². The lowest BCUT2D eigenvalue weighted by Crippen LogP contribution is -2.01. The summed E-state index contributed by atoms with van der Waals surface area (Å²) < 4.78 is 2.49. The minimum Gasteiger partial charge on any atom is -0.208 e. The minimum absolute atomic E-state index is 0.639. The second-order valence-corrected chi connectivity index (χ2v) is 15.0. The molecule has 256 valence electrons. The van der Waals surface area contributed by atoms with Gasteiger partial charge in [0.15, 0.2) is 17.5 Å². The van der Waals surface area contributed by atoms with E-state index in [9.17, 15) is 0 Å². The Bertz CT molecular complexity index is 3270. The van der Waals surface area contributed by atoms with Crippen molar-refractivity contribution in [1.29, 1.82) is 0 Å². The smallest absolute Gasteiger partial charge is 0.164 e. The van der Waals surface area contributed by atoms with Gasteiger partial charge in [-0.05, 0) is 78.8 Å². The zero-order chi connectivity index (χ0) is 36.3. The summed E-state index contributed by atoms with van der Waals surface area (Å²) in [7, 11) is 0. The SMILES string of the molecule is c1ccc(-c2ccc(-c3nc(-c4cccc(-c5cccc6ccc7ccccc7c56)c4)nc(-c4ccc5c(c4)sc4ccccc45)n3)c3ccccc23)cc1. The first kappa shape index (κ1) is 31.5. The molecule has 0 radical (unpaired) electrons. The van der Waals surface area contributed by atoms with Crippen LogP contribution in [0.1, 0.15) is 0 Å². The first-order chi connectivity index (χ1) is 27.2. The molecule has 55 heavy (non-hydrogen) atoms. The van der Waals surface area contributed by atoms with E-state index in [1.165, 1.54) is 58.4 Å². The van der Waals surface area contributed by atoms with Gasteiger partial charge in [0, 0.05) is 36.9 Å². The molecule has 0 amide bonds. The molecule has 0 aliphatic rings. The van der Waals surface area contributed by atoms with Crippen LogP contribution >= 0.6 is 11.3 Å². The average Bonchev–Trinajstić information content (AvgIpc) is 3.64. The second kappa shape index (κ2) is 12.8. The molecule has 2 aromatic heterocycles. The van der Waals surface area contributed by atoms with Gasteiger partial charge >= 0.3 is 0 Å². The highest BCUT2D eigenvalue weighted by Crippen LogP contribution is 2.40. The molecule has 0 bridgehead atoms.